The van der Waals surface area contributed by atoms with Crippen LogP contribution in [0, 0.1) is 5.82 Å². The molecule has 0 radical (unpaired) electrons. The fourth-order valence-electron chi connectivity index (χ4n) is 2.53. The van der Waals surface area contributed by atoms with E-state index in [1.165, 1.54) is 6.07 Å². The second-order valence-corrected chi connectivity index (χ2v) is 7.29. The largest absolute Gasteiger partial charge is 0.444 e. The van der Waals surface area contributed by atoms with Gasteiger partial charge in [-0.3, -0.25) is 0 Å². The van der Waals surface area contributed by atoms with Crippen molar-refractivity contribution in [3.05, 3.63) is 34.6 Å². The predicted molar refractivity (Wildman–Crippen MR) is 89.1 cm³/mol. The number of carbonyl (C=O) groups excluding carboxylic acids is 1. The molecular weight excluding hydrogens is 319 g/mol. The number of ether oxygens (including phenoxy) is 1. The van der Waals surface area contributed by atoms with Crippen molar-refractivity contribution in [1.29, 1.82) is 0 Å². The minimum atomic E-state index is -0.476. The van der Waals surface area contributed by atoms with Gasteiger partial charge < -0.3 is 15.0 Å². The lowest BCUT2D eigenvalue weighted by atomic mass is 10.0. The van der Waals surface area contributed by atoms with E-state index in [4.69, 9.17) is 16.3 Å². The lowest BCUT2D eigenvalue weighted by Crippen LogP contribution is -2.46. The molecule has 1 heterocycles. The van der Waals surface area contributed by atoms with E-state index in [1.807, 2.05) is 20.8 Å². The second-order valence-electron chi connectivity index (χ2n) is 6.86. The van der Waals surface area contributed by atoms with Gasteiger partial charge in [-0.2, -0.15) is 0 Å². The van der Waals surface area contributed by atoms with Crippen molar-refractivity contribution in [3.8, 4) is 0 Å². The van der Waals surface area contributed by atoms with Crippen molar-refractivity contribution >= 4 is 17.7 Å². The van der Waals surface area contributed by atoms with E-state index in [9.17, 15) is 9.18 Å². The van der Waals surface area contributed by atoms with Gasteiger partial charge in [0.25, 0.3) is 0 Å². The Morgan fingerprint density at radius 1 is 1.39 bits per heavy atom. The first kappa shape index (κ1) is 18.0. The zero-order valence-electron chi connectivity index (χ0n) is 13.9. The third kappa shape index (κ3) is 5.66. The third-order valence-electron chi connectivity index (χ3n) is 3.74. The van der Waals surface area contributed by atoms with Gasteiger partial charge >= 0.3 is 6.09 Å². The lowest BCUT2D eigenvalue weighted by Gasteiger charge is -2.33. The van der Waals surface area contributed by atoms with Crippen molar-refractivity contribution < 1.29 is 13.9 Å². The van der Waals surface area contributed by atoms with Crippen molar-refractivity contribution in [3.63, 3.8) is 0 Å². The monoisotopic (exact) mass is 342 g/mol. The SMILES string of the molecule is CC(C)(C)OC(=O)N1CCC(NCc2cc(Cl)ccc2F)CC1. The van der Waals surface area contributed by atoms with Crippen LogP contribution in [0.5, 0.6) is 0 Å². The van der Waals surface area contributed by atoms with E-state index in [-0.39, 0.29) is 18.0 Å². The van der Waals surface area contributed by atoms with Gasteiger partial charge in [0.05, 0.1) is 0 Å². The Bertz CT molecular complexity index is 552. The van der Waals surface area contributed by atoms with Crippen molar-refractivity contribution in [2.45, 2.75) is 51.8 Å². The van der Waals surface area contributed by atoms with E-state index in [0.29, 0.717) is 30.2 Å². The third-order valence-corrected chi connectivity index (χ3v) is 3.97. The molecule has 4 nitrogen and oxygen atoms in total. The number of hydrogen-bond donors (Lipinski definition) is 1. The van der Waals surface area contributed by atoms with E-state index in [1.54, 1.807) is 17.0 Å². The Balaban J connectivity index is 1.79. The molecule has 1 aromatic rings. The highest BCUT2D eigenvalue weighted by atomic mass is 35.5. The Kier molecular flexibility index (Phi) is 5.87. The number of hydrogen-bond acceptors (Lipinski definition) is 3. The molecule has 0 aliphatic carbocycles. The molecular formula is C17H24ClFN2O2. The maximum Gasteiger partial charge on any atom is 0.410 e. The van der Waals surface area contributed by atoms with Crippen LogP contribution in [-0.2, 0) is 11.3 Å². The van der Waals surface area contributed by atoms with Gasteiger partial charge in [-0.15, -0.1) is 0 Å². The van der Waals surface area contributed by atoms with Crippen LogP contribution in [0.4, 0.5) is 9.18 Å². The summed E-state index contributed by atoms with van der Waals surface area (Å²) in [7, 11) is 0. The van der Waals surface area contributed by atoms with Gasteiger partial charge in [0.15, 0.2) is 0 Å². The molecule has 1 N–H and O–H groups in total. The summed E-state index contributed by atoms with van der Waals surface area (Å²) in [6, 6.07) is 4.82. The van der Waals surface area contributed by atoms with Gasteiger partial charge in [0.2, 0.25) is 0 Å². The fraction of sp³-hybridized carbons (Fsp3) is 0.588. The Morgan fingerprint density at radius 3 is 2.65 bits per heavy atom. The number of likely N-dealkylation sites (tertiary alicyclic amines) is 1. The molecule has 1 saturated heterocycles. The summed E-state index contributed by atoms with van der Waals surface area (Å²) in [5.74, 6) is -0.256. The lowest BCUT2D eigenvalue weighted by molar-refractivity contribution is 0.0198. The summed E-state index contributed by atoms with van der Waals surface area (Å²) in [4.78, 5) is 13.7. The fourth-order valence-corrected chi connectivity index (χ4v) is 2.72. The molecule has 1 aliphatic heterocycles. The molecule has 1 aliphatic rings. The Morgan fingerprint density at radius 2 is 2.04 bits per heavy atom. The summed E-state index contributed by atoms with van der Waals surface area (Å²) in [5.41, 5.74) is 0.0862. The van der Waals surface area contributed by atoms with Crippen LogP contribution in [0.25, 0.3) is 0 Å². The van der Waals surface area contributed by atoms with Crippen LogP contribution in [0.15, 0.2) is 18.2 Å². The molecule has 0 unspecified atom stereocenters. The number of benzene rings is 1. The molecule has 6 heteroatoms. The second kappa shape index (κ2) is 7.49. The highest BCUT2D eigenvalue weighted by Gasteiger charge is 2.26. The highest BCUT2D eigenvalue weighted by Crippen LogP contribution is 2.18. The van der Waals surface area contributed by atoms with Gasteiger partial charge in [0.1, 0.15) is 11.4 Å². The summed E-state index contributed by atoms with van der Waals surface area (Å²) in [6.07, 6.45) is 1.37. The van der Waals surface area contributed by atoms with Crippen molar-refractivity contribution in [2.75, 3.05) is 13.1 Å². The zero-order valence-corrected chi connectivity index (χ0v) is 14.6. The van der Waals surface area contributed by atoms with E-state index < -0.39 is 5.60 Å². The summed E-state index contributed by atoms with van der Waals surface area (Å²) < 4.78 is 19.1. The summed E-state index contributed by atoms with van der Waals surface area (Å²) in [6.45, 7) is 7.30. The molecule has 1 fully saturated rings. The van der Waals surface area contributed by atoms with Crippen LogP contribution < -0.4 is 5.32 Å². The Labute approximate surface area is 141 Å². The van der Waals surface area contributed by atoms with Crippen LogP contribution in [-0.4, -0.2) is 35.7 Å². The number of nitrogens with one attached hydrogen (secondary N) is 1. The van der Waals surface area contributed by atoms with Crippen LogP contribution in [0.3, 0.4) is 0 Å². The number of rotatable bonds is 3. The first-order valence-electron chi connectivity index (χ1n) is 7.90. The molecule has 1 amide bonds. The first-order valence-corrected chi connectivity index (χ1v) is 8.27. The molecule has 0 spiro atoms. The average Bonchev–Trinajstić information content (AvgIpc) is 2.47. The molecule has 0 aromatic heterocycles. The van der Waals surface area contributed by atoms with Gasteiger partial charge in [0, 0.05) is 36.3 Å². The topological polar surface area (TPSA) is 41.6 Å². The average molecular weight is 343 g/mol. The van der Waals surface area contributed by atoms with Crippen LogP contribution in [0.1, 0.15) is 39.2 Å². The first-order chi connectivity index (χ1) is 10.7. The normalized spacial score (nSPS) is 16.5. The predicted octanol–water partition coefficient (Wildman–Crippen LogP) is 3.97. The smallest absolute Gasteiger partial charge is 0.410 e. The number of halogens is 2. The molecule has 2 rings (SSSR count). The maximum absolute atomic E-state index is 13.7. The highest BCUT2D eigenvalue weighted by molar-refractivity contribution is 6.30. The summed E-state index contributed by atoms with van der Waals surface area (Å²) in [5, 5.41) is 3.87. The standard InChI is InChI=1S/C17H24ClFN2O2/c1-17(2,3)23-16(22)21-8-6-14(7-9-21)20-11-12-10-13(18)4-5-15(12)19/h4-5,10,14,20H,6-9,11H2,1-3H3. The van der Waals surface area contributed by atoms with Crippen molar-refractivity contribution in [1.82, 2.24) is 10.2 Å². The number of nitrogens with zero attached hydrogens (tertiary/aromatic N) is 1. The number of carbonyl (C=O) groups is 1. The van der Waals surface area contributed by atoms with Gasteiger partial charge in [-0.25, -0.2) is 9.18 Å². The Hall–Kier alpha value is -1.33. The molecule has 128 valence electrons. The molecule has 23 heavy (non-hydrogen) atoms. The minimum Gasteiger partial charge on any atom is -0.444 e. The molecule has 1 aromatic carbocycles. The molecule has 0 bridgehead atoms. The zero-order chi connectivity index (χ0) is 17.0. The van der Waals surface area contributed by atoms with E-state index in [2.05, 4.69) is 5.32 Å². The molecule has 0 saturated carbocycles. The van der Waals surface area contributed by atoms with Gasteiger partial charge in [-0.05, 0) is 51.8 Å². The molecule has 0 atom stereocenters. The number of amides is 1. The quantitative estimate of drug-likeness (QED) is 0.903. The van der Waals surface area contributed by atoms with Crippen LogP contribution >= 0.6 is 11.6 Å². The summed E-state index contributed by atoms with van der Waals surface area (Å²) >= 11 is 5.89. The maximum atomic E-state index is 13.7. The van der Waals surface area contributed by atoms with Gasteiger partial charge in [-0.1, -0.05) is 11.6 Å². The van der Waals surface area contributed by atoms with E-state index in [0.717, 1.165) is 12.8 Å². The van der Waals surface area contributed by atoms with Crippen molar-refractivity contribution in [2.24, 2.45) is 0 Å². The van der Waals surface area contributed by atoms with Crippen LogP contribution in [0.2, 0.25) is 5.02 Å². The number of piperidine rings is 1. The minimum absolute atomic E-state index is 0.256. The van der Waals surface area contributed by atoms with E-state index >= 15 is 0 Å².